The summed E-state index contributed by atoms with van der Waals surface area (Å²) in [6, 6.07) is 0. The summed E-state index contributed by atoms with van der Waals surface area (Å²) in [6.07, 6.45) is 6.82. The molecule has 1 amide bonds. The number of amides is 1. The minimum Gasteiger partial charge on any atom is -0.343 e. The number of likely N-dealkylation sites (tertiary alicyclic amines) is 1. The highest BCUT2D eigenvalue weighted by Gasteiger charge is 2.20. The zero-order valence-electron chi connectivity index (χ0n) is 9.91. The van der Waals surface area contributed by atoms with Gasteiger partial charge in [-0.05, 0) is 51.1 Å². The summed E-state index contributed by atoms with van der Waals surface area (Å²) in [4.78, 5) is 13.8. The summed E-state index contributed by atoms with van der Waals surface area (Å²) < 4.78 is 0. The Labute approximate surface area is 104 Å². The number of carbonyl (C=O) groups excluding carboxylic acids is 1. The molecule has 0 aromatic carbocycles. The Hall–Kier alpha value is -0.280. The van der Waals surface area contributed by atoms with Crippen molar-refractivity contribution in [2.75, 3.05) is 26.2 Å². The van der Waals surface area contributed by atoms with Gasteiger partial charge in [0.05, 0.1) is 0 Å². The van der Waals surface area contributed by atoms with E-state index in [4.69, 9.17) is 0 Å². The summed E-state index contributed by atoms with van der Waals surface area (Å²) in [6.45, 7) is 4.29. The Morgan fingerprint density at radius 3 is 2.44 bits per heavy atom. The van der Waals surface area contributed by atoms with Crippen molar-refractivity contribution >= 4 is 18.3 Å². The van der Waals surface area contributed by atoms with Crippen molar-refractivity contribution in [3.63, 3.8) is 0 Å². The number of hydrogen-bond acceptors (Lipinski definition) is 2. The average molecular weight is 247 g/mol. The molecule has 2 aliphatic rings. The van der Waals surface area contributed by atoms with Gasteiger partial charge in [-0.15, -0.1) is 12.4 Å². The predicted octanol–water partition coefficient (Wildman–Crippen LogP) is 1.81. The summed E-state index contributed by atoms with van der Waals surface area (Å²) in [5.74, 6) is 1.18. The smallest absolute Gasteiger partial charge is 0.222 e. The third kappa shape index (κ3) is 3.95. The Morgan fingerprint density at radius 2 is 1.81 bits per heavy atom. The Morgan fingerprint density at radius 1 is 1.19 bits per heavy atom. The molecule has 0 bridgehead atoms. The third-order valence-corrected chi connectivity index (χ3v) is 3.68. The lowest BCUT2D eigenvalue weighted by Gasteiger charge is -2.23. The van der Waals surface area contributed by atoms with Crippen molar-refractivity contribution in [1.82, 2.24) is 10.2 Å². The van der Waals surface area contributed by atoms with Crippen molar-refractivity contribution in [2.45, 2.75) is 38.5 Å². The fraction of sp³-hybridized carbons (Fsp3) is 0.917. The number of rotatable bonds is 3. The lowest BCUT2D eigenvalue weighted by atomic mass is 9.93. The van der Waals surface area contributed by atoms with Gasteiger partial charge in [-0.25, -0.2) is 0 Å². The van der Waals surface area contributed by atoms with Crippen LogP contribution >= 0.6 is 12.4 Å². The van der Waals surface area contributed by atoms with Gasteiger partial charge >= 0.3 is 0 Å². The number of piperidine rings is 1. The van der Waals surface area contributed by atoms with Crippen molar-refractivity contribution in [1.29, 1.82) is 0 Å². The van der Waals surface area contributed by atoms with Crippen LogP contribution in [0.3, 0.4) is 0 Å². The molecule has 2 aliphatic heterocycles. The molecule has 4 heteroatoms. The van der Waals surface area contributed by atoms with Crippen LogP contribution in [0.15, 0.2) is 0 Å². The molecule has 0 spiro atoms. The normalized spacial score (nSPS) is 21.9. The van der Waals surface area contributed by atoms with Gasteiger partial charge in [0.2, 0.25) is 5.91 Å². The Bertz CT molecular complexity index is 211. The zero-order chi connectivity index (χ0) is 10.5. The molecule has 0 saturated carbocycles. The van der Waals surface area contributed by atoms with E-state index in [1.807, 2.05) is 4.90 Å². The lowest BCUT2D eigenvalue weighted by Crippen LogP contribution is -2.30. The molecule has 1 N–H and O–H groups in total. The standard InChI is InChI=1S/C12H22N2O.ClH/c15-12(14-9-1-2-10-14)4-3-11-5-7-13-8-6-11;/h11,13H,1-10H2;1H. The maximum Gasteiger partial charge on any atom is 0.222 e. The van der Waals surface area contributed by atoms with Crippen molar-refractivity contribution < 1.29 is 4.79 Å². The van der Waals surface area contributed by atoms with E-state index in [1.165, 1.54) is 25.7 Å². The molecule has 2 fully saturated rings. The molecule has 0 unspecified atom stereocenters. The van der Waals surface area contributed by atoms with Gasteiger partial charge < -0.3 is 10.2 Å². The first kappa shape index (κ1) is 13.8. The van der Waals surface area contributed by atoms with E-state index < -0.39 is 0 Å². The zero-order valence-corrected chi connectivity index (χ0v) is 10.7. The molecular formula is C12H23ClN2O. The van der Waals surface area contributed by atoms with Crippen LogP contribution in [-0.2, 0) is 4.79 Å². The van der Waals surface area contributed by atoms with Crippen LogP contribution in [0.1, 0.15) is 38.5 Å². The van der Waals surface area contributed by atoms with Gasteiger partial charge in [-0.2, -0.15) is 0 Å². The summed E-state index contributed by atoms with van der Waals surface area (Å²) in [5, 5.41) is 3.36. The van der Waals surface area contributed by atoms with Crippen molar-refractivity contribution in [3.8, 4) is 0 Å². The van der Waals surface area contributed by atoms with Gasteiger partial charge in [-0.3, -0.25) is 4.79 Å². The molecule has 0 aliphatic carbocycles. The van der Waals surface area contributed by atoms with E-state index in [9.17, 15) is 4.79 Å². The van der Waals surface area contributed by atoms with Gasteiger partial charge in [-0.1, -0.05) is 0 Å². The molecule has 2 rings (SSSR count). The topological polar surface area (TPSA) is 32.3 Å². The number of hydrogen-bond donors (Lipinski definition) is 1. The molecule has 0 radical (unpaired) electrons. The van der Waals surface area contributed by atoms with E-state index >= 15 is 0 Å². The molecule has 16 heavy (non-hydrogen) atoms. The quantitative estimate of drug-likeness (QED) is 0.824. The maximum atomic E-state index is 11.8. The summed E-state index contributed by atoms with van der Waals surface area (Å²) in [7, 11) is 0. The van der Waals surface area contributed by atoms with E-state index in [-0.39, 0.29) is 12.4 Å². The van der Waals surface area contributed by atoms with E-state index in [1.54, 1.807) is 0 Å². The van der Waals surface area contributed by atoms with Gasteiger partial charge in [0.1, 0.15) is 0 Å². The minimum atomic E-state index is 0. The fourth-order valence-corrected chi connectivity index (χ4v) is 2.62. The first-order valence-corrected chi connectivity index (χ1v) is 6.35. The minimum absolute atomic E-state index is 0. The number of nitrogens with zero attached hydrogens (tertiary/aromatic N) is 1. The molecule has 0 aromatic rings. The van der Waals surface area contributed by atoms with Crippen LogP contribution in [0.5, 0.6) is 0 Å². The first-order valence-electron chi connectivity index (χ1n) is 6.35. The number of halogens is 1. The molecule has 0 atom stereocenters. The largest absolute Gasteiger partial charge is 0.343 e. The Kier molecular flexibility index (Phi) is 6.14. The predicted molar refractivity (Wildman–Crippen MR) is 67.9 cm³/mol. The van der Waals surface area contributed by atoms with Crippen LogP contribution in [0.25, 0.3) is 0 Å². The summed E-state index contributed by atoms with van der Waals surface area (Å²) >= 11 is 0. The molecule has 2 saturated heterocycles. The lowest BCUT2D eigenvalue weighted by molar-refractivity contribution is -0.130. The maximum absolute atomic E-state index is 11.8. The highest BCUT2D eigenvalue weighted by molar-refractivity contribution is 5.85. The van der Waals surface area contributed by atoms with Crippen LogP contribution in [0.4, 0.5) is 0 Å². The van der Waals surface area contributed by atoms with Crippen molar-refractivity contribution in [3.05, 3.63) is 0 Å². The molecule has 2 heterocycles. The number of nitrogens with one attached hydrogen (secondary N) is 1. The number of carbonyl (C=O) groups is 1. The van der Waals surface area contributed by atoms with Crippen LogP contribution in [0.2, 0.25) is 0 Å². The van der Waals surface area contributed by atoms with Gasteiger partial charge in [0, 0.05) is 19.5 Å². The monoisotopic (exact) mass is 246 g/mol. The van der Waals surface area contributed by atoms with Crippen LogP contribution in [0, 0.1) is 5.92 Å². The Balaban J connectivity index is 0.00000128. The summed E-state index contributed by atoms with van der Waals surface area (Å²) in [5.41, 5.74) is 0. The van der Waals surface area contributed by atoms with E-state index in [0.717, 1.165) is 44.9 Å². The average Bonchev–Trinajstić information content (AvgIpc) is 2.81. The molecular weight excluding hydrogens is 224 g/mol. The second-order valence-corrected chi connectivity index (χ2v) is 4.82. The van der Waals surface area contributed by atoms with Gasteiger partial charge in [0.15, 0.2) is 0 Å². The van der Waals surface area contributed by atoms with Gasteiger partial charge in [0.25, 0.3) is 0 Å². The van der Waals surface area contributed by atoms with E-state index in [0.29, 0.717) is 5.91 Å². The highest BCUT2D eigenvalue weighted by Crippen LogP contribution is 2.19. The fourth-order valence-electron chi connectivity index (χ4n) is 2.62. The SMILES string of the molecule is Cl.O=C(CCC1CCNCC1)N1CCCC1. The second-order valence-electron chi connectivity index (χ2n) is 4.82. The van der Waals surface area contributed by atoms with E-state index in [2.05, 4.69) is 5.32 Å². The molecule has 94 valence electrons. The second kappa shape index (κ2) is 7.13. The first-order chi connectivity index (χ1) is 7.36. The molecule has 3 nitrogen and oxygen atoms in total. The van der Waals surface area contributed by atoms with Crippen LogP contribution in [-0.4, -0.2) is 37.0 Å². The van der Waals surface area contributed by atoms with Crippen LogP contribution < -0.4 is 5.32 Å². The highest BCUT2D eigenvalue weighted by atomic mass is 35.5. The molecule has 0 aromatic heterocycles. The third-order valence-electron chi connectivity index (χ3n) is 3.68. The van der Waals surface area contributed by atoms with Crippen molar-refractivity contribution in [2.24, 2.45) is 5.92 Å².